The molecular weight excluding hydrogens is 236 g/mol. The third-order valence-electron chi connectivity index (χ3n) is 2.29. The van der Waals surface area contributed by atoms with Crippen LogP contribution in [0.5, 0.6) is 0 Å². The number of rotatable bonds is 5. The van der Waals surface area contributed by atoms with Gasteiger partial charge in [0.05, 0.1) is 17.4 Å². The van der Waals surface area contributed by atoms with Gasteiger partial charge in [-0.25, -0.2) is 9.97 Å². The maximum absolute atomic E-state index is 10.9. The van der Waals surface area contributed by atoms with Crippen molar-refractivity contribution in [3.8, 4) is 11.3 Å². The van der Waals surface area contributed by atoms with Crippen LogP contribution in [-0.2, 0) is 0 Å². The fourth-order valence-corrected chi connectivity index (χ4v) is 1.44. The molecule has 2 heterocycles. The number of nitrogens with zero attached hydrogens (tertiary/aromatic N) is 3. The SMILES string of the molecule is CCCNc1ncc([N+](=O)[O-])c(-c2ccoc2)n1. The van der Waals surface area contributed by atoms with Gasteiger partial charge in [-0.15, -0.1) is 0 Å². The number of aromatic nitrogens is 2. The highest BCUT2D eigenvalue weighted by Crippen LogP contribution is 2.28. The monoisotopic (exact) mass is 248 g/mol. The number of anilines is 1. The van der Waals surface area contributed by atoms with E-state index in [9.17, 15) is 10.1 Å². The molecule has 94 valence electrons. The van der Waals surface area contributed by atoms with E-state index in [4.69, 9.17) is 4.42 Å². The standard InChI is InChI=1S/C11H12N4O3/c1-2-4-12-11-13-6-9(15(16)17)10(14-11)8-3-5-18-7-8/h3,5-7H,2,4H2,1H3,(H,12,13,14). The Labute approximate surface area is 103 Å². The van der Waals surface area contributed by atoms with E-state index in [0.29, 0.717) is 18.1 Å². The Kier molecular flexibility index (Phi) is 3.52. The van der Waals surface area contributed by atoms with E-state index in [-0.39, 0.29) is 11.4 Å². The van der Waals surface area contributed by atoms with Crippen molar-refractivity contribution in [2.24, 2.45) is 0 Å². The maximum Gasteiger partial charge on any atom is 0.313 e. The lowest BCUT2D eigenvalue weighted by molar-refractivity contribution is -0.384. The number of hydrogen-bond donors (Lipinski definition) is 1. The molecule has 0 bridgehead atoms. The molecule has 0 aliphatic rings. The van der Waals surface area contributed by atoms with Crippen LogP contribution in [0.4, 0.5) is 11.6 Å². The molecule has 0 amide bonds. The van der Waals surface area contributed by atoms with Gasteiger partial charge in [-0.05, 0) is 12.5 Å². The van der Waals surface area contributed by atoms with Crippen LogP contribution in [0.2, 0.25) is 0 Å². The van der Waals surface area contributed by atoms with Crippen molar-refractivity contribution in [2.45, 2.75) is 13.3 Å². The Hall–Kier alpha value is -2.44. The van der Waals surface area contributed by atoms with Gasteiger partial charge in [-0.3, -0.25) is 10.1 Å². The first-order valence-corrected chi connectivity index (χ1v) is 5.50. The minimum absolute atomic E-state index is 0.140. The number of hydrogen-bond acceptors (Lipinski definition) is 6. The summed E-state index contributed by atoms with van der Waals surface area (Å²) in [5.41, 5.74) is 0.671. The van der Waals surface area contributed by atoms with Crippen LogP contribution in [0.15, 0.2) is 29.2 Å². The van der Waals surface area contributed by atoms with Gasteiger partial charge in [-0.2, -0.15) is 0 Å². The third kappa shape index (κ3) is 2.45. The first kappa shape index (κ1) is 12.0. The maximum atomic E-state index is 10.9. The molecule has 2 aromatic heterocycles. The smallest absolute Gasteiger partial charge is 0.313 e. The van der Waals surface area contributed by atoms with E-state index < -0.39 is 4.92 Å². The lowest BCUT2D eigenvalue weighted by Gasteiger charge is -2.04. The molecule has 0 saturated carbocycles. The van der Waals surface area contributed by atoms with E-state index in [2.05, 4.69) is 15.3 Å². The average Bonchev–Trinajstić information content (AvgIpc) is 2.89. The number of nitrogens with one attached hydrogen (secondary N) is 1. The van der Waals surface area contributed by atoms with Gasteiger partial charge >= 0.3 is 5.69 Å². The lowest BCUT2D eigenvalue weighted by atomic mass is 10.2. The Morgan fingerprint density at radius 3 is 3.00 bits per heavy atom. The van der Waals surface area contributed by atoms with E-state index >= 15 is 0 Å². The van der Waals surface area contributed by atoms with Crippen LogP contribution in [0, 0.1) is 10.1 Å². The summed E-state index contributed by atoms with van der Waals surface area (Å²) in [6, 6.07) is 1.62. The second-order valence-corrected chi connectivity index (χ2v) is 3.62. The zero-order valence-electron chi connectivity index (χ0n) is 9.79. The minimum Gasteiger partial charge on any atom is -0.472 e. The van der Waals surface area contributed by atoms with Crippen LogP contribution in [-0.4, -0.2) is 21.4 Å². The summed E-state index contributed by atoms with van der Waals surface area (Å²) < 4.78 is 4.92. The molecular formula is C11H12N4O3. The molecule has 0 unspecified atom stereocenters. The Balaban J connectivity index is 2.42. The van der Waals surface area contributed by atoms with Crippen molar-refractivity contribution >= 4 is 11.6 Å². The highest BCUT2D eigenvalue weighted by molar-refractivity contribution is 5.68. The van der Waals surface area contributed by atoms with Crippen LogP contribution in [0.25, 0.3) is 11.3 Å². The van der Waals surface area contributed by atoms with Gasteiger partial charge in [0.1, 0.15) is 6.20 Å². The molecule has 2 rings (SSSR count). The minimum atomic E-state index is -0.508. The quantitative estimate of drug-likeness (QED) is 0.645. The highest BCUT2D eigenvalue weighted by Gasteiger charge is 2.19. The summed E-state index contributed by atoms with van der Waals surface area (Å²) in [6.45, 7) is 2.72. The fourth-order valence-electron chi connectivity index (χ4n) is 1.44. The largest absolute Gasteiger partial charge is 0.472 e. The highest BCUT2D eigenvalue weighted by atomic mass is 16.6. The summed E-state index contributed by atoms with van der Waals surface area (Å²) >= 11 is 0. The molecule has 0 atom stereocenters. The summed E-state index contributed by atoms with van der Waals surface area (Å²) in [5, 5.41) is 13.9. The molecule has 0 aromatic carbocycles. The molecule has 0 radical (unpaired) electrons. The second kappa shape index (κ2) is 5.26. The van der Waals surface area contributed by atoms with Gasteiger partial charge in [0.15, 0.2) is 5.69 Å². The first-order chi connectivity index (χ1) is 8.72. The summed E-state index contributed by atoms with van der Waals surface area (Å²) in [5.74, 6) is 0.374. The summed E-state index contributed by atoms with van der Waals surface area (Å²) in [4.78, 5) is 18.5. The van der Waals surface area contributed by atoms with E-state index in [0.717, 1.165) is 6.42 Å². The molecule has 2 aromatic rings. The molecule has 0 saturated heterocycles. The van der Waals surface area contributed by atoms with Gasteiger partial charge < -0.3 is 9.73 Å². The molecule has 1 N–H and O–H groups in total. The van der Waals surface area contributed by atoms with E-state index in [1.165, 1.54) is 18.7 Å². The molecule has 0 spiro atoms. The lowest BCUT2D eigenvalue weighted by Crippen LogP contribution is -2.06. The Morgan fingerprint density at radius 2 is 2.39 bits per heavy atom. The Bertz CT molecular complexity index is 539. The average molecular weight is 248 g/mol. The van der Waals surface area contributed by atoms with Crippen molar-refractivity contribution in [1.82, 2.24) is 9.97 Å². The third-order valence-corrected chi connectivity index (χ3v) is 2.29. The molecule has 7 nitrogen and oxygen atoms in total. The van der Waals surface area contributed by atoms with Crippen molar-refractivity contribution in [3.63, 3.8) is 0 Å². The normalized spacial score (nSPS) is 10.3. The van der Waals surface area contributed by atoms with Crippen molar-refractivity contribution in [2.75, 3.05) is 11.9 Å². The molecule has 18 heavy (non-hydrogen) atoms. The molecule has 0 aliphatic carbocycles. The van der Waals surface area contributed by atoms with E-state index in [1.807, 2.05) is 6.92 Å². The zero-order chi connectivity index (χ0) is 13.0. The van der Waals surface area contributed by atoms with Gasteiger partial charge in [-0.1, -0.05) is 6.92 Å². The van der Waals surface area contributed by atoms with Gasteiger partial charge in [0, 0.05) is 12.1 Å². The van der Waals surface area contributed by atoms with Crippen LogP contribution >= 0.6 is 0 Å². The van der Waals surface area contributed by atoms with Crippen LogP contribution in [0.1, 0.15) is 13.3 Å². The summed E-state index contributed by atoms with van der Waals surface area (Å²) in [6.07, 6.45) is 4.98. The molecule has 7 heteroatoms. The first-order valence-electron chi connectivity index (χ1n) is 5.50. The zero-order valence-corrected chi connectivity index (χ0v) is 9.79. The fraction of sp³-hybridized carbons (Fsp3) is 0.273. The van der Waals surface area contributed by atoms with Gasteiger partial charge in [0.2, 0.25) is 5.95 Å². The van der Waals surface area contributed by atoms with Crippen molar-refractivity contribution in [3.05, 3.63) is 34.9 Å². The topological polar surface area (TPSA) is 94.1 Å². The molecule has 0 aliphatic heterocycles. The van der Waals surface area contributed by atoms with Crippen molar-refractivity contribution in [1.29, 1.82) is 0 Å². The van der Waals surface area contributed by atoms with Crippen molar-refractivity contribution < 1.29 is 9.34 Å². The number of furan rings is 1. The Morgan fingerprint density at radius 1 is 1.56 bits per heavy atom. The molecule has 0 fully saturated rings. The van der Waals surface area contributed by atoms with Crippen LogP contribution in [0.3, 0.4) is 0 Å². The predicted molar refractivity (Wildman–Crippen MR) is 65.2 cm³/mol. The summed E-state index contributed by atoms with van der Waals surface area (Å²) in [7, 11) is 0. The number of nitro groups is 1. The second-order valence-electron chi connectivity index (χ2n) is 3.62. The van der Waals surface area contributed by atoms with Gasteiger partial charge in [0.25, 0.3) is 0 Å². The van der Waals surface area contributed by atoms with E-state index in [1.54, 1.807) is 6.07 Å². The van der Waals surface area contributed by atoms with Crippen LogP contribution < -0.4 is 5.32 Å². The predicted octanol–water partition coefficient (Wildman–Crippen LogP) is 2.47.